The third-order valence-electron chi connectivity index (χ3n) is 2.33. The Labute approximate surface area is 81.4 Å². The Hall–Kier alpha value is -1.49. The number of carboxylic acids is 1. The molecule has 1 aliphatic rings. The van der Waals surface area contributed by atoms with Gasteiger partial charge in [0.2, 0.25) is 5.82 Å². The second-order valence-corrected chi connectivity index (χ2v) is 3.46. The summed E-state index contributed by atoms with van der Waals surface area (Å²) in [6.45, 7) is 1.68. The van der Waals surface area contributed by atoms with E-state index in [4.69, 9.17) is 5.11 Å². The van der Waals surface area contributed by atoms with E-state index in [1.807, 2.05) is 7.05 Å². The molecule has 5 nitrogen and oxygen atoms in total. The van der Waals surface area contributed by atoms with Gasteiger partial charge in [0.25, 0.3) is 0 Å². The van der Waals surface area contributed by atoms with Crippen molar-refractivity contribution >= 4 is 5.97 Å². The largest absolute Gasteiger partial charge is 0.475 e. The lowest BCUT2D eigenvalue weighted by Crippen LogP contribution is -2.28. The van der Waals surface area contributed by atoms with Gasteiger partial charge in [-0.3, -0.25) is 0 Å². The number of fused-ring (bicyclic) bond motifs is 1. The van der Waals surface area contributed by atoms with Crippen molar-refractivity contribution in [3.63, 3.8) is 0 Å². The minimum absolute atomic E-state index is 0.112. The van der Waals surface area contributed by atoms with E-state index in [9.17, 15) is 4.79 Å². The highest BCUT2D eigenvalue weighted by Gasteiger charge is 2.17. The molecule has 2 rings (SSSR count). The predicted molar refractivity (Wildman–Crippen MR) is 49.0 cm³/mol. The van der Waals surface area contributed by atoms with Crippen molar-refractivity contribution in [3.05, 3.63) is 23.3 Å². The molecule has 2 heterocycles. The quantitative estimate of drug-likeness (QED) is 0.688. The van der Waals surface area contributed by atoms with Gasteiger partial charge < -0.3 is 10.0 Å². The zero-order valence-electron chi connectivity index (χ0n) is 7.90. The van der Waals surface area contributed by atoms with Gasteiger partial charge in [0.15, 0.2) is 0 Å². The Morgan fingerprint density at radius 1 is 1.64 bits per heavy atom. The number of carbonyl (C=O) groups is 1. The zero-order chi connectivity index (χ0) is 10.1. The minimum Gasteiger partial charge on any atom is -0.475 e. The van der Waals surface area contributed by atoms with Crippen molar-refractivity contribution in [3.8, 4) is 0 Å². The van der Waals surface area contributed by atoms with Gasteiger partial charge in [-0.15, -0.1) is 0 Å². The molecule has 0 aliphatic carbocycles. The topological polar surface area (TPSA) is 66.3 Å². The van der Waals surface area contributed by atoms with Gasteiger partial charge in [-0.25, -0.2) is 14.8 Å². The zero-order valence-corrected chi connectivity index (χ0v) is 7.90. The molecular weight excluding hydrogens is 182 g/mol. The van der Waals surface area contributed by atoms with Gasteiger partial charge in [-0.1, -0.05) is 0 Å². The van der Waals surface area contributed by atoms with E-state index in [0.717, 1.165) is 24.2 Å². The molecule has 1 aromatic rings. The number of nitrogens with zero attached hydrogens (tertiary/aromatic N) is 3. The summed E-state index contributed by atoms with van der Waals surface area (Å²) >= 11 is 0. The van der Waals surface area contributed by atoms with Crippen molar-refractivity contribution in [1.29, 1.82) is 0 Å². The average molecular weight is 193 g/mol. The summed E-state index contributed by atoms with van der Waals surface area (Å²) in [5.41, 5.74) is 1.90. The molecule has 1 aromatic heterocycles. The monoisotopic (exact) mass is 193 g/mol. The van der Waals surface area contributed by atoms with Gasteiger partial charge in [0.05, 0.1) is 5.69 Å². The van der Waals surface area contributed by atoms with Crippen LogP contribution in [0, 0.1) is 0 Å². The van der Waals surface area contributed by atoms with Crippen LogP contribution in [-0.4, -0.2) is 39.5 Å². The summed E-state index contributed by atoms with van der Waals surface area (Å²) in [7, 11) is 1.99. The van der Waals surface area contributed by atoms with E-state index in [1.165, 1.54) is 0 Å². The van der Waals surface area contributed by atoms with Crippen molar-refractivity contribution < 1.29 is 9.90 Å². The maximum absolute atomic E-state index is 10.6. The standard InChI is InChI=1S/C9H11N3O2/c1-12-3-2-6-4-10-8(9(13)14)11-7(6)5-12/h4H,2-3,5H2,1H3,(H,13,14). The highest BCUT2D eigenvalue weighted by molar-refractivity contribution is 5.83. The fourth-order valence-corrected chi connectivity index (χ4v) is 1.54. The fourth-order valence-electron chi connectivity index (χ4n) is 1.54. The molecule has 1 aliphatic heterocycles. The SMILES string of the molecule is CN1CCc2cnc(C(=O)O)nc2C1. The van der Waals surface area contributed by atoms with Crippen LogP contribution in [0.25, 0.3) is 0 Å². The van der Waals surface area contributed by atoms with Crippen LogP contribution >= 0.6 is 0 Å². The van der Waals surface area contributed by atoms with Gasteiger partial charge in [-0.05, 0) is 19.0 Å². The van der Waals surface area contributed by atoms with Crippen LogP contribution in [0.4, 0.5) is 0 Å². The predicted octanol–water partition coefficient (Wildman–Crippen LogP) is 0.163. The van der Waals surface area contributed by atoms with E-state index in [2.05, 4.69) is 14.9 Å². The van der Waals surface area contributed by atoms with Crippen LogP contribution in [0.5, 0.6) is 0 Å². The summed E-state index contributed by atoms with van der Waals surface area (Å²) < 4.78 is 0. The van der Waals surface area contributed by atoms with E-state index in [1.54, 1.807) is 6.20 Å². The van der Waals surface area contributed by atoms with Crippen molar-refractivity contribution in [2.45, 2.75) is 13.0 Å². The second-order valence-electron chi connectivity index (χ2n) is 3.46. The van der Waals surface area contributed by atoms with E-state index >= 15 is 0 Å². The van der Waals surface area contributed by atoms with Crippen molar-refractivity contribution in [2.75, 3.05) is 13.6 Å². The normalized spacial score (nSPS) is 16.4. The van der Waals surface area contributed by atoms with E-state index in [-0.39, 0.29) is 5.82 Å². The lowest BCUT2D eigenvalue weighted by molar-refractivity contribution is 0.0682. The molecule has 0 unspecified atom stereocenters. The Morgan fingerprint density at radius 3 is 3.14 bits per heavy atom. The van der Waals surface area contributed by atoms with Crippen LogP contribution in [0.3, 0.4) is 0 Å². The highest BCUT2D eigenvalue weighted by Crippen LogP contribution is 2.14. The molecule has 74 valence electrons. The smallest absolute Gasteiger partial charge is 0.373 e. The second kappa shape index (κ2) is 3.34. The number of hydrogen-bond donors (Lipinski definition) is 1. The summed E-state index contributed by atoms with van der Waals surface area (Å²) in [5, 5.41) is 8.71. The van der Waals surface area contributed by atoms with Crippen LogP contribution in [-0.2, 0) is 13.0 Å². The molecule has 0 atom stereocenters. The molecule has 0 spiro atoms. The lowest BCUT2D eigenvalue weighted by atomic mass is 10.1. The summed E-state index contributed by atoms with van der Waals surface area (Å²) in [4.78, 5) is 20.5. The maximum Gasteiger partial charge on any atom is 0.373 e. The lowest BCUT2D eigenvalue weighted by Gasteiger charge is -2.23. The summed E-state index contributed by atoms with van der Waals surface area (Å²) in [5.74, 6) is -1.18. The van der Waals surface area contributed by atoms with Gasteiger partial charge >= 0.3 is 5.97 Å². The molecular formula is C9H11N3O2. The number of carboxylic acid groups (broad SMARTS) is 1. The Bertz CT molecular complexity index is 378. The number of aromatic carboxylic acids is 1. The van der Waals surface area contributed by atoms with Gasteiger partial charge in [0.1, 0.15) is 0 Å². The first kappa shape index (κ1) is 9.08. The fraction of sp³-hybridized carbons (Fsp3) is 0.444. The Kier molecular flexibility index (Phi) is 2.17. The molecule has 0 saturated carbocycles. The van der Waals surface area contributed by atoms with E-state index < -0.39 is 5.97 Å². The first-order valence-corrected chi connectivity index (χ1v) is 4.43. The van der Waals surface area contributed by atoms with Crippen LogP contribution in [0.1, 0.15) is 21.9 Å². The van der Waals surface area contributed by atoms with Gasteiger partial charge in [-0.2, -0.15) is 0 Å². The molecule has 0 saturated heterocycles. The Morgan fingerprint density at radius 2 is 2.43 bits per heavy atom. The summed E-state index contributed by atoms with van der Waals surface area (Å²) in [6.07, 6.45) is 2.52. The molecule has 1 N–H and O–H groups in total. The molecule has 0 radical (unpaired) electrons. The minimum atomic E-state index is -1.07. The average Bonchev–Trinajstić information content (AvgIpc) is 2.16. The van der Waals surface area contributed by atoms with Gasteiger partial charge in [0, 0.05) is 19.3 Å². The molecule has 5 heteroatoms. The first-order chi connectivity index (χ1) is 6.66. The molecule has 14 heavy (non-hydrogen) atoms. The number of aromatic nitrogens is 2. The van der Waals surface area contributed by atoms with E-state index in [0.29, 0.717) is 6.54 Å². The van der Waals surface area contributed by atoms with Crippen molar-refractivity contribution in [1.82, 2.24) is 14.9 Å². The van der Waals surface area contributed by atoms with Crippen LogP contribution in [0.15, 0.2) is 6.20 Å². The molecule has 0 amide bonds. The third kappa shape index (κ3) is 1.58. The Balaban J connectivity index is 2.37. The first-order valence-electron chi connectivity index (χ1n) is 4.43. The molecule has 0 fully saturated rings. The third-order valence-corrected chi connectivity index (χ3v) is 2.33. The van der Waals surface area contributed by atoms with Crippen LogP contribution in [0.2, 0.25) is 0 Å². The summed E-state index contributed by atoms with van der Waals surface area (Å²) in [6, 6.07) is 0. The molecule has 0 bridgehead atoms. The number of hydrogen-bond acceptors (Lipinski definition) is 4. The highest BCUT2D eigenvalue weighted by atomic mass is 16.4. The maximum atomic E-state index is 10.6. The van der Waals surface area contributed by atoms with Crippen LogP contribution < -0.4 is 0 Å². The number of likely N-dealkylation sites (N-methyl/N-ethyl adjacent to an activating group) is 1. The van der Waals surface area contributed by atoms with Crippen molar-refractivity contribution in [2.24, 2.45) is 0 Å². The number of rotatable bonds is 1. The molecule has 0 aromatic carbocycles.